The summed E-state index contributed by atoms with van der Waals surface area (Å²) in [5.74, 6) is -0.580. The van der Waals surface area contributed by atoms with Crippen LogP contribution in [-0.2, 0) is 6.54 Å². The highest BCUT2D eigenvalue weighted by atomic mass is 35.5. The number of phenols is 1. The second kappa shape index (κ2) is 7.67. The molecular weight excluding hydrogens is 375 g/mol. The zero-order valence-electron chi connectivity index (χ0n) is 14.5. The zero-order chi connectivity index (χ0) is 19.6. The Labute approximate surface area is 159 Å². The van der Waals surface area contributed by atoms with Crippen molar-refractivity contribution < 1.29 is 23.6 Å². The van der Waals surface area contributed by atoms with E-state index in [-0.39, 0.29) is 39.9 Å². The van der Waals surface area contributed by atoms with E-state index >= 15 is 0 Å². The average molecular weight is 391 g/mol. The number of hydrogen-bond acceptors (Lipinski definition) is 5. The maximum Gasteiger partial charge on any atom is 0.257 e. The molecule has 0 aliphatic carbocycles. The minimum absolute atomic E-state index is 0.00302. The second-order valence-electron chi connectivity index (χ2n) is 5.75. The molecule has 0 spiro atoms. The topological polar surface area (TPSA) is 84.6 Å². The molecule has 0 fully saturated rings. The predicted molar refractivity (Wildman–Crippen MR) is 97.5 cm³/mol. The fourth-order valence-electron chi connectivity index (χ4n) is 2.65. The molecule has 0 saturated carbocycles. The highest BCUT2D eigenvalue weighted by molar-refractivity contribution is 6.33. The number of aromatic hydroxyl groups is 1. The number of nitrogens with zero attached hydrogens (tertiary/aromatic N) is 1. The number of ether oxygens (including phenoxy) is 1. The number of hydrogen-bond donors (Lipinski definition) is 2. The standard InChI is InChI=1S/C19H16ClFN2O4/c1-10-16(18(23-27-10)17-12(20)4-3-5-13(17)21)19(25)22-9-11-6-7-15(26-2)14(24)8-11/h3-8,24H,9H2,1-2H3,(H,22,25). The van der Waals surface area contributed by atoms with E-state index in [1.807, 2.05) is 0 Å². The van der Waals surface area contributed by atoms with Gasteiger partial charge in [0.1, 0.15) is 22.8 Å². The van der Waals surface area contributed by atoms with E-state index in [1.165, 1.54) is 31.4 Å². The lowest BCUT2D eigenvalue weighted by molar-refractivity contribution is 0.0950. The van der Waals surface area contributed by atoms with E-state index in [0.29, 0.717) is 11.3 Å². The highest BCUT2D eigenvalue weighted by Crippen LogP contribution is 2.33. The second-order valence-corrected chi connectivity index (χ2v) is 6.16. The number of aromatic nitrogens is 1. The number of amides is 1. The minimum atomic E-state index is -0.607. The smallest absolute Gasteiger partial charge is 0.257 e. The lowest BCUT2D eigenvalue weighted by Gasteiger charge is -2.09. The SMILES string of the molecule is COc1ccc(CNC(=O)c2c(-c3c(F)cccc3Cl)noc2C)cc1O. The van der Waals surface area contributed by atoms with Gasteiger partial charge in [0, 0.05) is 6.54 Å². The van der Waals surface area contributed by atoms with E-state index in [2.05, 4.69) is 10.5 Å². The summed E-state index contributed by atoms with van der Waals surface area (Å²) < 4.78 is 24.3. The highest BCUT2D eigenvalue weighted by Gasteiger charge is 2.25. The molecule has 1 heterocycles. The Hall–Kier alpha value is -3.06. The Morgan fingerprint density at radius 2 is 2.15 bits per heavy atom. The van der Waals surface area contributed by atoms with Gasteiger partial charge in [0.05, 0.1) is 17.7 Å². The molecule has 8 heteroatoms. The maximum atomic E-state index is 14.2. The van der Waals surface area contributed by atoms with Crippen LogP contribution in [0.2, 0.25) is 5.02 Å². The third kappa shape index (κ3) is 3.73. The molecular formula is C19H16ClFN2O4. The van der Waals surface area contributed by atoms with Crippen LogP contribution in [0.4, 0.5) is 4.39 Å². The summed E-state index contributed by atoms with van der Waals surface area (Å²) in [7, 11) is 1.44. The number of phenolic OH excluding ortho intramolecular Hbond substituents is 1. The van der Waals surface area contributed by atoms with Crippen LogP contribution < -0.4 is 10.1 Å². The van der Waals surface area contributed by atoms with Crippen molar-refractivity contribution in [3.8, 4) is 22.8 Å². The first-order valence-corrected chi connectivity index (χ1v) is 8.35. The minimum Gasteiger partial charge on any atom is -0.504 e. The molecule has 2 N–H and O–H groups in total. The van der Waals surface area contributed by atoms with E-state index in [0.717, 1.165) is 0 Å². The van der Waals surface area contributed by atoms with Gasteiger partial charge in [0.2, 0.25) is 0 Å². The Morgan fingerprint density at radius 3 is 2.81 bits per heavy atom. The summed E-state index contributed by atoms with van der Waals surface area (Å²) in [4.78, 5) is 12.7. The van der Waals surface area contributed by atoms with E-state index < -0.39 is 11.7 Å². The molecule has 3 rings (SSSR count). The number of halogens is 2. The molecule has 0 atom stereocenters. The van der Waals surface area contributed by atoms with Crippen LogP contribution in [-0.4, -0.2) is 23.3 Å². The maximum absolute atomic E-state index is 14.2. The van der Waals surface area contributed by atoms with Crippen LogP contribution in [0, 0.1) is 12.7 Å². The van der Waals surface area contributed by atoms with Gasteiger partial charge in [-0.2, -0.15) is 0 Å². The number of carbonyl (C=O) groups excluding carboxylic acids is 1. The van der Waals surface area contributed by atoms with Gasteiger partial charge in [0.25, 0.3) is 5.91 Å². The van der Waals surface area contributed by atoms with Crippen LogP contribution in [0.5, 0.6) is 11.5 Å². The van der Waals surface area contributed by atoms with Crippen LogP contribution in [0.1, 0.15) is 21.7 Å². The van der Waals surface area contributed by atoms with Gasteiger partial charge in [-0.1, -0.05) is 28.9 Å². The van der Waals surface area contributed by atoms with Crippen molar-refractivity contribution in [1.29, 1.82) is 0 Å². The third-order valence-corrected chi connectivity index (χ3v) is 4.30. The zero-order valence-corrected chi connectivity index (χ0v) is 15.3. The average Bonchev–Trinajstić information content (AvgIpc) is 3.01. The largest absolute Gasteiger partial charge is 0.504 e. The Kier molecular flexibility index (Phi) is 5.32. The molecule has 1 amide bonds. The summed E-state index contributed by atoms with van der Waals surface area (Å²) in [5, 5.41) is 16.4. The monoisotopic (exact) mass is 390 g/mol. The summed E-state index contributed by atoms with van der Waals surface area (Å²) >= 11 is 6.08. The number of benzene rings is 2. The molecule has 3 aromatic rings. The normalized spacial score (nSPS) is 10.7. The fraction of sp³-hybridized carbons (Fsp3) is 0.158. The fourth-order valence-corrected chi connectivity index (χ4v) is 2.90. The lowest BCUT2D eigenvalue weighted by Crippen LogP contribution is -2.23. The first-order valence-electron chi connectivity index (χ1n) is 7.97. The summed E-state index contributed by atoms with van der Waals surface area (Å²) in [5.41, 5.74) is 0.787. The van der Waals surface area contributed by atoms with Gasteiger partial charge >= 0.3 is 0 Å². The Bertz CT molecular complexity index is 983. The molecule has 0 radical (unpaired) electrons. The van der Waals surface area contributed by atoms with Crippen LogP contribution in [0.25, 0.3) is 11.3 Å². The van der Waals surface area contributed by atoms with E-state index in [9.17, 15) is 14.3 Å². The quantitative estimate of drug-likeness (QED) is 0.685. The van der Waals surface area contributed by atoms with Gasteiger partial charge in [-0.25, -0.2) is 4.39 Å². The predicted octanol–water partition coefficient (Wildman–Crippen LogP) is 4.09. The molecule has 0 aliphatic heterocycles. The van der Waals surface area contributed by atoms with Crippen molar-refractivity contribution in [1.82, 2.24) is 10.5 Å². The summed E-state index contributed by atoms with van der Waals surface area (Å²) in [6.45, 7) is 1.69. The van der Waals surface area contributed by atoms with Crippen LogP contribution in [0.15, 0.2) is 40.9 Å². The number of nitrogens with one attached hydrogen (secondary N) is 1. The number of aryl methyl sites for hydroxylation is 1. The molecule has 0 aliphatic rings. The first kappa shape index (κ1) is 18.7. The molecule has 2 aromatic carbocycles. The van der Waals surface area contributed by atoms with E-state index in [1.54, 1.807) is 19.1 Å². The number of methoxy groups -OCH3 is 1. The van der Waals surface area contributed by atoms with Gasteiger partial charge in [-0.05, 0) is 36.8 Å². The van der Waals surface area contributed by atoms with Gasteiger partial charge in [-0.3, -0.25) is 4.79 Å². The van der Waals surface area contributed by atoms with Crippen LogP contribution >= 0.6 is 11.6 Å². The van der Waals surface area contributed by atoms with Crippen molar-refractivity contribution in [3.63, 3.8) is 0 Å². The number of rotatable bonds is 5. The summed E-state index contributed by atoms with van der Waals surface area (Å²) in [6, 6.07) is 8.97. The van der Waals surface area contributed by atoms with Crippen molar-refractivity contribution in [2.75, 3.05) is 7.11 Å². The molecule has 0 saturated heterocycles. The summed E-state index contributed by atoms with van der Waals surface area (Å²) in [6.07, 6.45) is 0. The van der Waals surface area contributed by atoms with Gasteiger partial charge in [-0.15, -0.1) is 0 Å². The van der Waals surface area contributed by atoms with Crippen molar-refractivity contribution >= 4 is 17.5 Å². The van der Waals surface area contributed by atoms with Crippen molar-refractivity contribution in [3.05, 3.63) is 64.1 Å². The lowest BCUT2D eigenvalue weighted by atomic mass is 10.0. The molecule has 0 unspecified atom stereocenters. The molecule has 6 nitrogen and oxygen atoms in total. The van der Waals surface area contributed by atoms with Gasteiger partial charge in [0.15, 0.2) is 11.5 Å². The Morgan fingerprint density at radius 1 is 1.37 bits per heavy atom. The number of carbonyl (C=O) groups is 1. The Balaban J connectivity index is 1.86. The molecule has 0 bridgehead atoms. The van der Waals surface area contributed by atoms with Crippen molar-refractivity contribution in [2.24, 2.45) is 0 Å². The van der Waals surface area contributed by atoms with Gasteiger partial charge < -0.3 is 19.7 Å². The van der Waals surface area contributed by atoms with Crippen molar-refractivity contribution in [2.45, 2.75) is 13.5 Å². The molecule has 140 valence electrons. The first-order chi connectivity index (χ1) is 12.9. The molecule has 27 heavy (non-hydrogen) atoms. The molecule has 1 aromatic heterocycles. The van der Waals surface area contributed by atoms with Crippen LogP contribution in [0.3, 0.4) is 0 Å². The third-order valence-electron chi connectivity index (χ3n) is 3.99. The van der Waals surface area contributed by atoms with E-state index in [4.69, 9.17) is 20.9 Å².